The van der Waals surface area contributed by atoms with Crippen molar-refractivity contribution in [2.75, 3.05) is 26.9 Å². The van der Waals surface area contributed by atoms with E-state index in [0.717, 1.165) is 14.0 Å². The molecule has 9 atom stereocenters. The predicted octanol–water partition coefficient (Wildman–Crippen LogP) is -5.21. The van der Waals surface area contributed by atoms with E-state index < -0.39 is 73.2 Å². The zero-order valence-electron chi connectivity index (χ0n) is 14.9. The lowest BCUT2D eigenvalue weighted by atomic mass is 9.65. The lowest BCUT2D eigenvalue weighted by Crippen LogP contribution is -2.85. The van der Waals surface area contributed by atoms with Crippen LogP contribution in [0.2, 0.25) is 0 Å². The number of ether oxygens (including phenoxy) is 3. The molecular formula is C15H27NO11. The van der Waals surface area contributed by atoms with E-state index in [1.165, 1.54) is 0 Å². The Kier molecular flexibility index (Phi) is 6.80. The molecule has 0 spiro atoms. The van der Waals surface area contributed by atoms with Gasteiger partial charge in [-0.1, -0.05) is 0 Å². The van der Waals surface area contributed by atoms with Crippen molar-refractivity contribution in [3.8, 4) is 0 Å². The molecule has 2 aliphatic heterocycles. The molecule has 158 valence electrons. The van der Waals surface area contributed by atoms with Gasteiger partial charge in [0.1, 0.15) is 30.5 Å². The molecule has 2 fully saturated rings. The largest absolute Gasteiger partial charge is 0.394 e. The molecule has 12 nitrogen and oxygen atoms in total. The van der Waals surface area contributed by atoms with Crippen LogP contribution in [0.4, 0.5) is 0 Å². The van der Waals surface area contributed by atoms with E-state index in [4.69, 9.17) is 14.2 Å². The molecule has 0 aromatic carbocycles. The Balaban J connectivity index is 2.53. The van der Waals surface area contributed by atoms with Crippen LogP contribution in [0.15, 0.2) is 0 Å². The zero-order valence-corrected chi connectivity index (χ0v) is 14.9. The number of amides is 1. The fourth-order valence-corrected chi connectivity index (χ4v) is 3.76. The van der Waals surface area contributed by atoms with Crippen LogP contribution in [0.25, 0.3) is 0 Å². The van der Waals surface area contributed by atoms with Crippen LogP contribution in [-0.2, 0) is 19.0 Å². The second-order valence-electron chi connectivity index (χ2n) is 6.77. The zero-order chi connectivity index (χ0) is 20.6. The highest BCUT2D eigenvalue weighted by atomic mass is 16.7. The van der Waals surface area contributed by atoms with Gasteiger partial charge in [-0.05, 0) is 0 Å². The minimum atomic E-state index is -2.91. The summed E-state index contributed by atoms with van der Waals surface area (Å²) >= 11 is 0. The minimum absolute atomic E-state index is 0.305. The van der Waals surface area contributed by atoms with E-state index in [0.29, 0.717) is 0 Å². The molecule has 0 radical (unpaired) electrons. The van der Waals surface area contributed by atoms with Gasteiger partial charge in [-0.2, -0.15) is 0 Å². The third-order valence-electron chi connectivity index (χ3n) is 5.20. The highest BCUT2D eigenvalue weighted by Crippen LogP contribution is 2.45. The lowest BCUT2D eigenvalue weighted by molar-refractivity contribution is -0.406. The SMILES string of the molecule is CO[C@H]1O[C@H](CO)[C@@H](O)[C@H](O)[C@]1(O)[C@]1(O)[C@H](O)[C@H](NC(C)=O)CO[C@@H]1CO. The normalized spacial score (nSPS) is 48.3. The standard InChI is InChI=1S/C15H27NO11/c1-6(19)16-7-5-26-9(4-18)14(23,11(7)21)15(24)12(22)10(20)8(3-17)27-13(15)25-2/h7-13,17-18,20-24H,3-5H2,1-2H3,(H,16,19)/t7-,8-,9-,10-,11-,12+,13+,14-,15-/m1/s1. The number of aliphatic hydroxyl groups is 7. The summed E-state index contributed by atoms with van der Waals surface area (Å²) in [5.74, 6) is -0.566. The molecule has 0 aromatic rings. The Morgan fingerprint density at radius 3 is 2.26 bits per heavy atom. The monoisotopic (exact) mass is 397 g/mol. The van der Waals surface area contributed by atoms with E-state index in [1.54, 1.807) is 0 Å². The van der Waals surface area contributed by atoms with E-state index in [2.05, 4.69) is 5.32 Å². The van der Waals surface area contributed by atoms with Gasteiger partial charge >= 0.3 is 0 Å². The molecule has 2 aliphatic rings. The van der Waals surface area contributed by atoms with Gasteiger partial charge in [0, 0.05) is 14.0 Å². The molecule has 0 aliphatic carbocycles. The predicted molar refractivity (Wildman–Crippen MR) is 85.1 cm³/mol. The fourth-order valence-electron chi connectivity index (χ4n) is 3.76. The molecule has 12 heteroatoms. The van der Waals surface area contributed by atoms with Gasteiger partial charge in [0.05, 0.1) is 25.9 Å². The summed E-state index contributed by atoms with van der Waals surface area (Å²) in [6.07, 6.45) is -10.8. The van der Waals surface area contributed by atoms with Gasteiger partial charge in [0.25, 0.3) is 0 Å². The summed E-state index contributed by atoms with van der Waals surface area (Å²) in [5, 5.41) is 75.2. The average Bonchev–Trinajstić information content (AvgIpc) is 2.63. The molecule has 0 saturated carbocycles. The number of nitrogens with one attached hydrogen (secondary N) is 1. The first-order chi connectivity index (χ1) is 12.6. The maximum atomic E-state index is 11.4. The number of carbonyl (C=O) groups is 1. The van der Waals surface area contributed by atoms with Crippen molar-refractivity contribution >= 4 is 5.91 Å². The molecule has 2 heterocycles. The highest BCUT2D eigenvalue weighted by Gasteiger charge is 2.72. The average molecular weight is 397 g/mol. The summed E-state index contributed by atoms with van der Waals surface area (Å²) < 4.78 is 15.5. The van der Waals surface area contributed by atoms with Gasteiger partial charge in [-0.3, -0.25) is 4.79 Å². The van der Waals surface area contributed by atoms with Crippen LogP contribution in [0.3, 0.4) is 0 Å². The lowest BCUT2D eigenvalue weighted by Gasteiger charge is -2.59. The minimum Gasteiger partial charge on any atom is -0.394 e. The third-order valence-corrected chi connectivity index (χ3v) is 5.20. The maximum Gasteiger partial charge on any atom is 0.217 e. The van der Waals surface area contributed by atoms with Crippen LogP contribution < -0.4 is 5.32 Å². The Hall–Kier alpha value is -0.930. The van der Waals surface area contributed by atoms with Gasteiger partial charge in [0.2, 0.25) is 5.91 Å². The quantitative estimate of drug-likeness (QED) is 0.220. The second-order valence-corrected chi connectivity index (χ2v) is 6.77. The molecule has 27 heavy (non-hydrogen) atoms. The number of hydrogen-bond acceptors (Lipinski definition) is 11. The Bertz CT molecular complexity index is 532. The summed E-state index contributed by atoms with van der Waals surface area (Å²) in [4.78, 5) is 11.4. The number of aliphatic hydroxyl groups excluding tert-OH is 5. The first kappa shape index (κ1) is 22.4. The van der Waals surface area contributed by atoms with Gasteiger partial charge in [-0.15, -0.1) is 0 Å². The Labute approximate surface area is 154 Å². The van der Waals surface area contributed by atoms with Gasteiger partial charge in [-0.25, -0.2) is 0 Å². The van der Waals surface area contributed by atoms with Crippen LogP contribution >= 0.6 is 0 Å². The van der Waals surface area contributed by atoms with E-state index >= 15 is 0 Å². The number of hydrogen-bond donors (Lipinski definition) is 8. The topological polar surface area (TPSA) is 198 Å². The Morgan fingerprint density at radius 2 is 1.78 bits per heavy atom. The van der Waals surface area contributed by atoms with Gasteiger partial charge in [0.15, 0.2) is 17.5 Å². The number of carbonyl (C=O) groups excluding carboxylic acids is 1. The molecule has 0 aromatic heterocycles. The van der Waals surface area contributed by atoms with Crippen molar-refractivity contribution in [2.45, 2.75) is 61.0 Å². The summed E-state index contributed by atoms with van der Waals surface area (Å²) in [7, 11) is 1.06. The summed E-state index contributed by atoms with van der Waals surface area (Å²) in [6, 6.07) is -1.21. The van der Waals surface area contributed by atoms with Crippen molar-refractivity contribution in [3.63, 3.8) is 0 Å². The third kappa shape index (κ3) is 3.35. The fraction of sp³-hybridized carbons (Fsp3) is 0.933. The van der Waals surface area contributed by atoms with Crippen molar-refractivity contribution in [1.29, 1.82) is 0 Å². The van der Waals surface area contributed by atoms with Crippen molar-refractivity contribution in [3.05, 3.63) is 0 Å². The second kappa shape index (κ2) is 8.21. The molecule has 0 bridgehead atoms. The highest BCUT2D eigenvalue weighted by molar-refractivity contribution is 5.73. The molecule has 2 rings (SSSR count). The molecule has 8 N–H and O–H groups in total. The van der Waals surface area contributed by atoms with Crippen LogP contribution in [-0.4, -0.2) is 123 Å². The summed E-state index contributed by atoms with van der Waals surface area (Å²) in [5.41, 5.74) is -5.74. The van der Waals surface area contributed by atoms with Crippen molar-refractivity contribution < 1.29 is 54.8 Å². The molecule has 1 amide bonds. The van der Waals surface area contributed by atoms with Crippen molar-refractivity contribution in [2.24, 2.45) is 0 Å². The number of rotatable bonds is 5. The van der Waals surface area contributed by atoms with Crippen molar-refractivity contribution in [1.82, 2.24) is 5.32 Å². The van der Waals surface area contributed by atoms with Crippen LogP contribution in [0.5, 0.6) is 0 Å². The molecule has 0 unspecified atom stereocenters. The molecule has 2 saturated heterocycles. The maximum absolute atomic E-state index is 11.4. The van der Waals surface area contributed by atoms with Gasteiger partial charge < -0.3 is 55.3 Å². The first-order valence-corrected chi connectivity index (χ1v) is 8.37. The number of methoxy groups -OCH3 is 1. The van der Waals surface area contributed by atoms with Crippen LogP contribution in [0, 0.1) is 0 Å². The smallest absolute Gasteiger partial charge is 0.217 e. The van der Waals surface area contributed by atoms with E-state index in [-0.39, 0.29) is 6.61 Å². The molecular weight excluding hydrogens is 370 g/mol. The van der Waals surface area contributed by atoms with E-state index in [9.17, 15) is 40.5 Å². The van der Waals surface area contributed by atoms with E-state index in [1.807, 2.05) is 0 Å². The Morgan fingerprint density at radius 1 is 1.15 bits per heavy atom. The summed E-state index contributed by atoms with van der Waals surface area (Å²) in [6.45, 7) is -0.763. The van der Waals surface area contributed by atoms with Crippen LogP contribution in [0.1, 0.15) is 6.92 Å². The first-order valence-electron chi connectivity index (χ1n) is 8.37.